The average Bonchev–Trinajstić information content (AvgIpc) is 2.70. The summed E-state index contributed by atoms with van der Waals surface area (Å²) in [7, 11) is 0. The van der Waals surface area contributed by atoms with E-state index in [1.54, 1.807) is 33.2 Å². The van der Waals surface area contributed by atoms with Crippen LogP contribution in [0.1, 0.15) is 38.3 Å². The Labute approximate surface area is 186 Å². The summed E-state index contributed by atoms with van der Waals surface area (Å²) in [6.45, 7) is 7.89. The summed E-state index contributed by atoms with van der Waals surface area (Å²) >= 11 is 0. The molecule has 1 fully saturated rings. The van der Waals surface area contributed by atoms with Crippen molar-refractivity contribution in [2.24, 2.45) is 0 Å². The summed E-state index contributed by atoms with van der Waals surface area (Å²) in [4.78, 5) is 20.6. The zero-order valence-electron chi connectivity index (χ0n) is 18.5. The fourth-order valence-electron chi connectivity index (χ4n) is 3.22. The van der Waals surface area contributed by atoms with Gasteiger partial charge in [-0.1, -0.05) is 0 Å². The predicted molar refractivity (Wildman–Crippen MR) is 117 cm³/mol. The minimum absolute atomic E-state index is 0.0324. The van der Waals surface area contributed by atoms with E-state index < -0.39 is 23.6 Å². The van der Waals surface area contributed by atoms with Crippen LogP contribution in [0.15, 0.2) is 24.5 Å². The lowest BCUT2D eigenvalue weighted by Gasteiger charge is -2.33. The number of alkyl carbamates (subject to hydrolysis) is 1. The Morgan fingerprint density at radius 1 is 1.28 bits per heavy atom. The van der Waals surface area contributed by atoms with Crippen molar-refractivity contribution in [1.82, 2.24) is 15.3 Å². The number of amides is 1. The molecule has 0 radical (unpaired) electrons. The van der Waals surface area contributed by atoms with Crippen LogP contribution in [0.3, 0.4) is 0 Å². The Kier molecular flexibility index (Phi) is 7.10. The number of nitriles is 1. The molecular formula is C22H27FN6O3. The molecule has 9 nitrogen and oxygen atoms in total. The quantitative estimate of drug-likeness (QED) is 0.642. The molecule has 1 aliphatic heterocycles. The Balaban J connectivity index is 1.80. The number of aryl methyl sites for hydroxylation is 1. The molecule has 0 saturated carbocycles. The van der Waals surface area contributed by atoms with Gasteiger partial charge in [-0.3, -0.25) is 4.98 Å². The summed E-state index contributed by atoms with van der Waals surface area (Å²) in [6.07, 6.45) is 3.23. The number of hydrogen-bond donors (Lipinski definition) is 3. The Morgan fingerprint density at radius 3 is 2.75 bits per heavy atom. The highest BCUT2D eigenvalue weighted by Gasteiger charge is 2.30. The number of aromatic nitrogens is 2. The molecule has 2 atom stereocenters. The van der Waals surface area contributed by atoms with Crippen LogP contribution in [0.4, 0.5) is 26.5 Å². The second kappa shape index (κ2) is 9.78. The van der Waals surface area contributed by atoms with Crippen LogP contribution in [0.5, 0.6) is 0 Å². The van der Waals surface area contributed by atoms with Crippen molar-refractivity contribution < 1.29 is 18.7 Å². The van der Waals surface area contributed by atoms with Gasteiger partial charge in [0.25, 0.3) is 0 Å². The highest BCUT2D eigenvalue weighted by atomic mass is 19.1. The predicted octanol–water partition coefficient (Wildman–Crippen LogP) is 3.63. The Hall–Kier alpha value is -3.45. The molecular weight excluding hydrogens is 415 g/mol. The van der Waals surface area contributed by atoms with Gasteiger partial charge >= 0.3 is 6.09 Å². The maximum absolute atomic E-state index is 14.7. The van der Waals surface area contributed by atoms with Crippen molar-refractivity contribution in [2.75, 3.05) is 23.8 Å². The number of pyridine rings is 2. The summed E-state index contributed by atoms with van der Waals surface area (Å²) in [5.74, 6) is -0.500. The topological polar surface area (TPSA) is 121 Å². The van der Waals surface area contributed by atoms with Gasteiger partial charge in [-0.15, -0.1) is 0 Å². The van der Waals surface area contributed by atoms with E-state index in [0.29, 0.717) is 18.7 Å². The van der Waals surface area contributed by atoms with Crippen molar-refractivity contribution in [3.8, 4) is 6.07 Å². The number of halogens is 1. The van der Waals surface area contributed by atoms with Gasteiger partial charge in [-0.25, -0.2) is 14.2 Å². The molecule has 10 heteroatoms. The zero-order chi connectivity index (χ0) is 23.3. The number of nitrogens with one attached hydrogen (secondary N) is 3. The summed E-state index contributed by atoms with van der Waals surface area (Å²) in [5.41, 5.74) is 0.966. The van der Waals surface area contributed by atoms with E-state index in [2.05, 4.69) is 25.9 Å². The number of carbonyl (C=O) groups is 1. The van der Waals surface area contributed by atoms with Gasteiger partial charge in [0.1, 0.15) is 11.7 Å². The van der Waals surface area contributed by atoms with Gasteiger partial charge < -0.3 is 25.4 Å². The van der Waals surface area contributed by atoms with Gasteiger partial charge in [-0.2, -0.15) is 5.26 Å². The summed E-state index contributed by atoms with van der Waals surface area (Å²) in [5, 5.41) is 18.3. The van der Waals surface area contributed by atoms with Crippen molar-refractivity contribution in [3.63, 3.8) is 0 Å². The maximum Gasteiger partial charge on any atom is 0.408 e. The lowest BCUT2D eigenvalue weighted by molar-refractivity contribution is 0.0317. The number of hydrogen-bond acceptors (Lipinski definition) is 8. The van der Waals surface area contributed by atoms with Crippen molar-refractivity contribution in [3.05, 3.63) is 41.5 Å². The van der Waals surface area contributed by atoms with E-state index in [1.165, 1.54) is 0 Å². The largest absolute Gasteiger partial charge is 0.444 e. The standard InChI is InChI=1S/C22H27FN6O3/c1-13-7-15(11-25-10-13)26-19-14(9-24)8-16(23)20(29-19)27-17-5-6-31-12-18(17)28-21(30)32-22(2,3)4/h7-8,10-11,17-18H,5-6,12H2,1-4H3,(H,28,30)(H2,26,27,29)/t17-,18+/m1/s1. The average molecular weight is 442 g/mol. The smallest absolute Gasteiger partial charge is 0.408 e. The monoisotopic (exact) mass is 442 g/mol. The van der Waals surface area contributed by atoms with E-state index in [0.717, 1.165) is 11.6 Å². The third kappa shape index (κ3) is 6.28. The highest BCUT2D eigenvalue weighted by Crippen LogP contribution is 2.25. The fourth-order valence-corrected chi connectivity index (χ4v) is 3.22. The highest BCUT2D eigenvalue weighted by molar-refractivity contribution is 5.68. The second-order valence-corrected chi connectivity index (χ2v) is 8.57. The van der Waals surface area contributed by atoms with Crippen LogP contribution in [-0.2, 0) is 9.47 Å². The van der Waals surface area contributed by atoms with Gasteiger partial charge in [0.05, 0.1) is 36.1 Å². The minimum atomic E-state index is -0.669. The van der Waals surface area contributed by atoms with E-state index in [4.69, 9.17) is 9.47 Å². The summed E-state index contributed by atoms with van der Waals surface area (Å²) < 4.78 is 25.5. The van der Waals surface area contributed by atoms with Gasteiger partial charge in [0, 0.05) is 12.8 Å². The molecule has 3 heterocycles. The van der Waals surface area contributed by atoms with Crippen LogP contribution >= 0.6 is 0 Å². The first-order valence-electron chi connectivity index (χ1n) is 10.3. The first-order chi connectivity index (χ1) is 15.1. The molecule has 3 rings (SSSR count). The molecule has 3 N–H and O–H groups in total. The van der Waals surface area contributed by atoms with Crippen molar-refractivity contribution in [1.29, 1.82) is 5.26 Å². The molecule has 170 valence electrons. The molecule has 0 aliphatic carbocycles. The molecule has 0 bridgehead atoms. The van der Waals surface area contributed by atoms with Crippen LogP contribution < -0.4 is 16.0 Å². The molecule has 0 unspecified atom stereocenters. The number of rotatable bonds is 5. The van der Waals surface area contributed by atoms with E-state index in [-0.39, 0.29) is 29.8 Å². The minimum Gasteiger partial charge on any atom is -0.444 e. The normalized spacial score (nSPS) is 18.4. The molecule has 2 aromatic heterocycles. The maximum atomic E-state index is 14.7. The second-order valence-electron chi connectivity index (χ2n) is 8.57. The van der Waals surface area contributed by atoms with Crippen LogP contribution in [0.25, 0.3) is 0 Å². The molecule has 0 aromatic carbocycles. The SMILES string of the molecule is Cc1cncc(Nc2nc(N[C@@H]3CCOC[C@@H]3NC(=O)OC(C)(C)C)c(F)cc2C#N)c1. The molecule has 32 heavy (non-hydrogen) atoms. The summed E-state index contributed by atoms with van der Waals surface area (Å²) in [6, 6.07) is 4.11. The lowest BCUT2D eigenvalue weighted by Crippen LogP contribution is -2.53. The number of carbonyl (C=O) groups excluding carboxylic acids is 1. The van der Waals surface area contributed by atoms with E-state index in [1.807, 2.05) is 19.1 Å². The third-order valence-electron chi connectivity index (χ3n) is 4.61. The number of nitrogens with zero attached hydrogens (tertiary/aromatic N) is 3. The zero-order valence-corrected chi connectivity index (χ0v) is 18.5. The molecule has 1 aliphatic rings. The first kappa shape index (κ1) is 23.2. The van der Waals surface area contributed by atoms with Gasteiger partial charge in [0.15, 0.2) is 17.5 Å². The van der Waals surface area contributed by atoms with Crippen LogP contribution in [-0.4, -0.2) is 47.0 Å². The molecule has 1 amide bonds. The number of ether oxygens (including phenoxy) is 2. The van der Waals surface area contributed by atoms with Gasteiger partial charge in [-0.05, 0) is 51.8 Å². The first-order valence-corrected chi connectivity index (χ1v) is 10.3. The van der Waals surface area contributed by atoms with Crippen LogP contribution in [0.2, 0.25) is 0 Å². The fraction of sp³-hybridized carbons (Fsp3) is 0.455. The number of anilines is 3. The Bertz CT molecular complexity index is 1020. The van der Waals surface area contributed by atoms with E-state index >= 15 is 0 Å². The third-order valence-corrected chi connectivity index (χ3v) is 4.61. The molecule has 0 spiro atoms. The molecule has 2 aromatic rings. The van der Waals surface area contributed by atoms with E-state index in [9.17, 15) is 14.4 Å². The Morgan fingerprint density at radius 2 is 2.06 bits per heavy atom. The molecule has 1 saturated heterocycles. The van der Waals surface area contributed by atoms with Crippen molar-refractivity contribution >= 4 is 23.4 Å². The van der Waals surface area contributed by atoms with Crippen molar-refractivity contribution in [2.45, 2.75) is 51.8 Å². The van der Waals surface area contributed by atoms with Gasteiger partial charge in [0.2, 0.25) is 0 Å². The van der Waals surface area contributed by atoms with Crippen LogP contribution in [0, 0.1) is 24.1 Å². The lowest BCUT2D eigenvalue weighted by atomic mass is 10.0.